The topological polar surface area (TPSA) is 46.2 Å². The van der Waals surface area contributed by atoms with Crippen molar-refractivity contribution in [1.29, 1.82) is 0 Å². The fourth-order valence-corrected chi connectivity index (χ4v) is 5.08. The molecule has 1 aromatic carbocycles. The molecule has 6 heteroatoms. The summed E-state index contributed by atoms with van der Waals surface area (Å²) >= 11 is 6.84. The van der Waals surface area contributed by atoms with Gasteiger partial charge >= 0.3 is 0 Å². The molecule has 1 fully saturated rings. The summed E-state index contributed by atoms with van der Waals surface area (Å²) in [7, 11) is -3.41. The van der Waals surface area contributed by atoms with Crippen LogP contribution in [-0.4, -0.2) is 19.8 Å². The summed E-state index contributed by atoms with van der Waals surface area (Å²) in [6.45, 7) is 0.520. The zero-order valence-corrected chi connectivity index (χ0v) is 13.8. The van der Waals surface area contributed by atoms with E-state index in [1.54, 1.807) is 24.3 Å². The van der Waals surface area contributed by atoms with E-state index in [1.807, 2.05) is 0 Å². The SMILES string of the molecule is O=S(=O)(NCC1CCC(Br)C1)c1ccccc1Br. The third-order valence-corrected chi connectivity index (χ3v) is 6.43. The lowest BCUT2D eigenvalue weighted by Gasteiger charge is -2.12. The average molecular weight is 397 g/mol. The molecule has 2 atom stereocenters. The number of alkyl halides is 1. The minimum atomic E-state index is -3.41. The highest BCUT2D eigenvalue weighted by Gasteiger charge is 2.25. The zero-order valence-electron chi connectivity index (χ0n) is 9.77. The second kappa shape index (κ2) is 6.03. The predicted molar refractivity (Wildman–Crippen MR) is 79.4 cm³/mol. The Morgan fingerprint density at radius 3 is 2.61 bits per heavy atom. The van der Waals surface area contributed by atoms with Crippen LogP contribution in [0.1, 0.15) is 19.3 Å². The number of hydrogen-bond donors (Lipinski definition) is 1. The third-order valence-electron chi connectivity index (χ3n) is 3.17. The standard InChI is InChI=1S/C12H15Br2NO2S/c13-10-6-5-9(7-10)8-15-18(16,17)12-4-2-1-3-11(12)14/h1-4,9-10,15H,5-8H2. The Bertz CT molecular complexity index is 519. The van der Waals surface area contributed by atoms with Crippen LogP contribution < -0.4 is 4.72 Å². The van der Waals surface area contributed by atoms with E-state index in [4.69, 9.17) is 0 Å². The van der Waals surface area contributed by atoms with E-state index in [-0.39, 0.29) is 0 Å². The van der Waals surface area contributed by atoms with Crippen molar-refractivity contribution in [3.05, 3.63) is 28.7 Å². The first-order chi connectivity index (χ1) is 8.49. The Balaban J connectivity index is 2.02. The number of sulfonamides is 1. The monoisotopic (exact) mass is 395 g/mol. The fraction of sp³-hybridized carbons (Fsp3) is 0.500. The van der Waals surface area contributed by atoms with Gasteiger partial charge in [0.05, 0.1) is 4.90 Å². The summed E-state index contributed by atoms with van der Waals surface area (Å²) < 4.78 is 27.6. The number of rotatable bonds is 4. The normalized spacial score (nSPS) is 24.3. The minimum Gasteiger partial charge on any atom is -0.211 e. The zero-order chi connectivity index (χ0) is 13.2. The first-order valence-electron chi connectivity index (χ1n) is 5.87. The van der Waals surface area contributed by atoms with Gasteiger partial charge in [-0.25, -0.2) is 13.1 Å². The summed E-state index contributed by atoms with van der Waals surface area (Å²) in [6.07, 6.45) is 3.24. The van der Waals surface area contributed by atoms with Crippen molar-refractivity contribution in [2.24, 2.45) is 5.92 Å². The van der Waals surface area contributed by atoms with Crippen molar-refractivity contribution in [2.75, 3.05) is 6.54 Å². The van der Waals surface area contributed by atoms with E-state index in [2.05, 4.69) is 36.6 Å². The van der Waals surface area contributed by atoms with Crippen molar-refractivity contribution in [3.63, 3.8) is 0 Å². The second-order valence-electron chi connectivity index (χ2n) is 4.56. The quantitative estimate of drug-likeness (QED) is 0.793. The van der Waals surface area contributed by atoms with Gasteiger partial charge in [-0.3, -0.25) is 0 Å². The average Bonchev–Trinajstić information content (AvgIpc) is 2.73. The summed E-state index contributed by atoms with van der Waals surface area (Å²) in [4.78, 5) is 0.842. The number of halogens is 2. The van der Waals surface area contributed by atoms with E-state index in [9.17, 15) is 8.42 Å². The van der Waals surface area contributed by atoms with Crippen LogP contribution in [0.25, 0.3) is 0 Å². The lowest BCUT2D eigenvalue weighted by atomic mass is 10.1. The van der Waals surface area contributed by atoms with Crippen LogP contribution in [0.4, 0.5) is 0 Å². The van der Waals surface area contributed by atoms with Gasteiger partial charge in [-0.05, 0) is 53.2 Å². The molecule has 0 spiro atoms. The van der Waals surface area contributed by atoms with Crippen LogP contribution in [0.15, 0.2) is 33.6 Å². The summed E-state index contributed by atoms with van der Waals surface area (Å²) in [6, 6.07) is 6.87. The maximum absolute atomic E-state index is 12.1. The van der Waals surface area contributed by atoms with Crippen LogP contribution in [0.2, 0.25) is 0 Å². The van der Waals surface area contributed by atoms with Gasteiger partial charge < -0.3 is 0 Å². The highest BCUT2D eigenvalue weighted by molar-refractivity contribution is 9.10. The number of benzene rings is 1. The van der Waals surface area contributed by atoms with Crippen molar-refractivity contribution in [2.45, 2.75) is 29.0 Å². The van der Waals surface area contributed by atoms with Crippen LogP contribution in [0, 0.1) is 5.92 Å². The summed E-state index contributed by atoms with van der Waals surface area (Å²) in [5.41, 5.74) is 0. The van der Waals surface area contributed by atoms with Gasteiger partial charge in [0.25, 0.3) is 0 Å². The Hall–Kier alpha value is 0.0900. The van der Waals surface area contributed by atoms with Crippen molar-refractivity contribution >= 4 is 41.9 Å². The Morgan fingerprint density at radius 1 is 1.28 bits per heavy atom. The molecule has 2 rings (SSSR count). The van der Waals surface area contributed by atoms with Crippen LogP contribution >= 0.6 is 31.9 Å². The molecule has 0 heterocycles. The second-order valence-corrected chi connectivity index (χ2v) is 8.44. The van der Waals surface area contributed by atoms with Crippen LogP contribution in [0.3, 0.4) is 0 Å². The van der Waals surface area contributed by atoms with Gasteiger partial charge in [0.2, 0.25) is 10.0 Å². The van der Waals surface area contributed by atoms with Gasteiger partial charge in [-0.2, -0.15) is 0 Å². The molecule has 0 aliphatic heterocycles. The van der Waals surface area contributed by atoms with Crippen molar-refractivity contribution in [3.8, 4) is 0 Å². The van der Waals surface area contributed by atoms with E-state index >= 15 is 0 Å². The molecule has 3 nitrogen and oxygen atoms in total. The minimum absolute atomic E-state index is 0.304. The molecular weight excluding hydrogens is 382 g/mol. The molecule has 1 aromatic rings. The Morgan fingerprint density at radius 2 is 2.00 bits per heavy atom. The van der Waals surface area contributed by atoms with E-state index in [0.29, 0.717) is 26.7 Å². The van der Waals surface area contributed by atoms with E-state index < -0.39 is 10.0 Å². The first kappa shape index (κ1) is 14.5. The van der Waals surface area contributed by atoms with Gasteiger partial charge in [0.1, 0.15) is 0 Å². The molecule has 1 aliphatic rings. The predicted octanol–water partition coefficient (Wildman–Crippen LogP) is 3.29. The third kappa shape index (κ3) is 3.56. The maximum Gasteiger partial charge on any atom is 0.241 e. The number of nitrogens with one attached hydrogen (secondary N) is 1. The molecule has 0 aromatic heterocycles. The van der Waals surface area contributed by atoms with E-state index in [1.165, 1.54) is 0 Å². The number of hydrogen-bond acceptors (Lipinski definition) is 2. The summed E-state index contributed by atoms with van der Waals surface area (Å²) in [5, 5.41) is 0. The lowest BCUT2D eigenvalue weighted by molar-refractivity contribution is 0.520. The summed E-state index contributed by atoms with van der Waals surface area (Å²) in [5.74, 6) is 0.437. The van der Waals surface area contributed by atoms with Crippen LogP contribution in [-0.2, 0) is 10.0 Å². The Kier molecular flexibility index (Phi) is 4.86. The van der Waals surface area contributed by atoms with Gasteiger partial charge in [0.15, 0.2) is 0 Å². The maximum atomic E-state index is 12.1. The highest BCUT2D eigenvalue weighted by atomic mass is 79.9. The Labute approximate surface area is 125 Å². The smallest absolute Gasteiger partial charge is 0.211 e. The highest BCUT2D eigenvalue weighted by Crippen LogP contribution is 2.30. The molecule has 0 radical (unpaired) electrons. The van der Waals surface area contributed by atoms with E-state index in [0.717, 1.165) is 19.3 Å². The molecule has 1 N–H and O–H groups in total. The molecule has 100 valence electrons. The van der Waals surface area contributed by atoms with Crippen molar-refractivity contribution in [1.82, 2.24) is 4.72 Å². The molecule has 0 amide bonds. The molecule has 1 saturated carbocycles. The van der Waals surface area contributed by atoms with Crippen molar-refractivity contribution < 1.29 is 8.42 Å². The van der Waals surface area contributed by atoms with Gasteiger partial charge in [-0.1, -0.05) is 28.1 Å². The fourth-order valence-electron chi connectivity index (χ4n) is 2.17. The molecule has 2 unspecified atom stereocenters. The van der Waals surface area contributed by atoms with Gasteiger partial charge in [0, 0.05) is 15.8 Å². The molecule has 0 saturated heterocycles. The molecular formula is C12H15Br2NO2S. The van der Waals surface area contributed by atoms with Crippen LogP contribution in [0.5, 0.6) is 0 Å². The molecule has 0 bridgehead atoms. The first-order valence-corrected chi connectivity index (χ1v) is 9.06. The lowest BCUT2D eigenvalue weighted by Crippen LogP contribution is -2.28. The molecule has 1 aliphatic carbocycles. The van der Waals surface area contributed by atoms with Gasteiger partial charge in [-0.15, -0.1) is 0 Å². The largest absolute Gasteiger partial charge is 0.241 e. The molecule has 18 heavy (non-hydrogen) atoms.